The number of nitrogens with zero attached hydrogens (tertiary/aromatic N) is 2. The van der Waals surface area contributed by atoms with Gasteiger partial charge in [-0.05, 0) is 81.1 Å². The van der Waals surface area contributed by atoms with Gasteiger partial charge >= 0.3 is 5.97 Å². The second-order valence-corrected chi connectivity index (χ2v) is 10.4. The zero-order valence-corrected chi connectivity index (χ0v) is 21.1. The van der Waals surface area contributed by atoms with Crippen molar-refractivity contribution >= 4 is 17.7 Å². The summed E-state index contributed by atoms with van der Waals surface area (Å²) >= 11 is 0. The van der Waals surface area contributed by atoms with Gasteiger partial charge in [-0.1, -0.05) is 6.07 Å². The number of ether oxygens (including phenoxy) is 1. The van der Waals surface area contributed by atoms with Crippen LogP contribution in [-0.4, -0.2) is 60.0 Å². The summed E-state index contributed by atoms with van der Waals surface area (Å²) in [4.78, 5) is 14.9. The molecule has 36 heavy (non-hydrogen) atoms. The highest BCUT2D eigenvalue weighted by Crippen LogP contribution is 2.42. The first kappa shape index (κ1) is 26.2. The van der Waals surface area contributed by atoms with Crippen molar-refractivity contribution in [2.75, 3.05) is 31.2 Å². The first-order chi connectivity index (χ1) is 16.9. The Kier molecular flexibility index (Phi) is 7.48. The van der Waals surface area contributed by atoms with Crippen molar-refractivity contribution < 1.29 is 27.8 Å². The Labute approximate surface area is 210 Å². The number of morpholine rings is 1. The van der Waals surface area contributed by atoms with Gasteiger partial charge in [-0.15, -0.1) is 0 Å². The summed E-state index contributed by atoms with van der Waals surface area (Å²) in [6.45, 7) is 9.00. The lowest BCUT2D eigenvalue weighted by molar-refractivity contribution is -0.131. The molecule has 8 heteroatoms. The average molecular weight is 503 g/mol. The van der Waals surface area contributed by atoms with Gasteiger partial charge < -0.3 is 14.7 Å². The Morgan fingerprint density at radius 3 is 2.47 bits per heavy atom. The van der Waals surface area contributed by atoms with Crippen LogP contribution in [0.3, 0.4) is 0 Å². The van der Waals surface area contributed by atoms with Crippen molar-refractivity contribution in [3.63, 3.8) is 0 Å². The third-order valence-corrected chi connectivity index (χ3v) is 6.89. The van der Waals surface area contributed by atoms with Gasteiger partial charge in [0.05, 0.1) is 19.3 Å². The fourth-order valence-electron chi connectivity index (χ4n) is 5.33. The average Bonchev–Trinajstić information content (AvgIpc) is 2.78. The van der Waals surface area contributed by atoms with Crippen LogP contribution in [0.2, 0.25) is 0 Å². The molecule has 1 N–H and O–H groups in total. The quantitative estimate of drug-likeness (QED) is 0.538. The zero-order valence-electron chi connectivity index (χ0n) is 21.1. The maximum absolute atomic E-state index is 15.5. The van der Waals surface area contributed by atoms with Gasteiger partial charge in [0.1, 0.15) is 17.3 Å². The molecular weight excluding hydrogens is 469 g/mol. The number of rotatable bonds is 6. The number of halogens is 3. The lowest BCUT2D eigenvalue weighted by Crippen LogP contribution is -2.48. The molecule has 2 aromatic carbocycles. The predicted molar refractivity (Wildman–Crippen MR) is 134 cm³/mol. The molecule has 2 heterocycles. The molecule has 1 saturated heterocycles. The summed E-state index contributed by atoms with van der Waals surface area (Å²) in [6.07, 6.45) is 2.60. The number of fused-ring (bicyclic) bond motifs is 1. The van der Waals surface area contributed by atoms with E-state index in [0.29, 0.717) is 19.6 Å². The number of carbonyl (C=O) groups is 1. The molecule has 0 radical (unpaired) electrons. The standard InChI is InChI=1S/C28H33F3N2O3/c1-17-11-20-14-21(32-9-10-36-15-18(32)2)6-7-22(20)27(33(17)16-28(3,4)31)26-23(29)12-19(13-24(26)30)5-8-25(34)35/h5-8,12-14,17-18,27H,9-11,15-16H2,1-4H3,(H,34,35)/b8-5+/t17-,18?,27+/m0/s1. The van der Waals surface area contributed by atoms with E-state index in [4.69, 9.17) is 9.84 Å². The highest BCUT2D eigenvalue weighted by Gasteiger charge is 2.39. The lowest BCUT2D eigenvalue weighted by Gasteiger charge is -2.45. The van der Waals surface area contributed by atoms with Crippen molar-refractivity contribution in [1.29, 1.82) is 0 Å². The molecule has 0 bridgehead atoms. The maximum atomic E-state index is 15.5. The van der Waals surface area contributed by atoms with E-state index in [0.717, 1.165) is 47.6 Å². The molecule has 2 aliphatic rings. The molecule has 0 amide bonds. The zero-order chi connectivity index (χ0) is 26.2. The van der Waals surface area contributed by atoms with Gasteiger partial charge in [0.2, 0.25) is 0 Å². The smallest absolute Gasteiger partial charge is 0.328 e. The van der Waals surface area contributed by atoms with Crippen LogP contribution in [-0.2, 0) is 16.0 Å². The fourth-order valence-corrected chi connectivity index (χ4v) is 5.33. The van der Waals surface area contributed by atoms with E-state index in [1.807, 2.05) is 24.0 Å². The Bertz CT molecular complexity index is 1140. The highest BCUT2D eigenvalue weighted by molar-refractivity contribution is 5.85. The van der Waals surface area contributed by atoms with E-state index in [1.54, 1.807) is 0 Å². The van der Waals surface area contributed by atoms with Crippen LogP contribution in [0.4, 0.5) is 18.9 Å². The van der Waals surface area contributed by atoms with Gasteiger partial charge in [0.25, 0.3) is 0 Å². The topological polar surface area (TPSA) is 53.0 Å². The normalized spacial score (nSPS) is 23.2. The first-order valence-corrected chi connectivity index (χ1v) is 12.3. The van der Waals surface area contributed by atoms with Crippen LogP contribution < -0.4 is 4.90 Å². The number of alkyl halides is 1. The maximum Gasteiger partial charge on any atom is 0.328 e. The summed E-state index contributed by atoms with van der Waals surface area (Å²) in [7, 11) is 0. The second-order valence-electron chi connectivity index (χ2n) is 10.4. The van der Waals surface area contributed by atoms with E-state index >= 15 is 8.78 Å². The minimum Gasteiger partial charge on any atom is -0.478 e. The Balaban J connectivity index is 1.82. The number of anilines is 1. The van der Waals surface area contributed by atoms with Crippen molar-refractivity contribution in [3.05, 3.63) is 70.3 Å². The monoisotopic (exact) mass is 502 g/mol. The van der Waals surface area contributed by atoms with Crippen molar-refractivity contribution in [2.24, 2.45) is 0 Å². The highest BCUT2D eigenvalue weighted by atomic mass is 19.1. The van der Waals surface area contributed by atoms with Crippen LogP contribution in [0.1, 0.15) is 56.0 Å². The second kappa shape index (κ2) is 10.3. The number of carboxylic acids is 1. The number of hydrogen-bond acceptors (Lipinski definition) is 4. The number of carboxylic acid groups (broad SMARTS) is 1. The largest absolute Gasteiger partial charge is 0.478 e. The molecule has 4 rings (SSSR count). The van der Waals surface area contributed by atoms with Crippen LogP contribution in [0.25, 0.3) is 6.08 Å². The van der Waals surface area contributed by atoms with Gasteiger partial charge in [-0.2, -0.15) is 0 Å². The molecule has 3 atom stereocenters. The number of aliphatic carboxylic acids is 1. The Morgan fingerprint density at radius 1 is 1.17 bits per heavy atom. The van der Waals surface area contributed by atoms with Gasteiger partial charge in [-0.25, -0.2) is 18.0 Å². The number of benzene rings is 2. The predicted octanol–water partition coefficient (Wildman–Crippen LogP) is 5.37. The van der Waals surface area contributed by atoms with Crippen LogP contribution in [0.5, 0.6) is 0 Å². The summed E-state index contributed by atoms with van der Waals surface area (Å²) in [5.74, 6) is -2.80. The molecule has 0 spiro atoms. The SMILES string of the molecule is CC1COCCN1c1ccc2c(c1)C[C@H](C)N(CC(C)(C)F)[C@H]2c1c(F)cc(/C=C/C(=O)O)cc1F. The van der Waals surface area contributed by atoms with Crippen molar-refractivity contribution in [3.8, 4) is 0 Å². The Morgan fingerprint density at radius 2 is 1.86 bits per heavy atom. The third kappa shape index (κ3) is 5.60. The van der Waals surface area contributed by atoms with Gasteiger partial charge in [0.15, 0.2) is 0 Å². The van der Waals surface area contributed by atoms with E-state index < -0.39 is 29.3 Å². The molecule has 1 unspecified atom stereocenters. The third-order valence-electron chi connectivity index (χ3n) is 6.89. The van der Waals surface area contributed by atoms with Gasteiger partial charge in [-0.3, -0.25) is 4.90 Å². The van der Waals surface area contributed by atoms with E-state index in [-0.39, 0.29) is 29.8 Å². The molecule has 2 aromatic rings. The summed E-state index contributed by atoms with van der Waals surface area (Å²) in [5, 5.41) is 8.86. The van der Waals surface area contributed by atoms with E-state index in [2.05, 4.69) is 17.9 Å². The molecule has 5 nitrogen and oxygen atoms in total. The number of hydrogen-bond donors (Lipinski definition) is 1. The molecule has 2 aliphatic heterocycles. The minimum atomic E-state index is -1.58. The van der Waals surface area contributed by atoms with Crippen molar-refractivity contribution in [2.45, 2.75) is 57.9 Å². The molecule has 194 valence electrons. The molecule has 0 saturated carbocycles. The summed E-state index contributed by atoms with van der Waals surface area (Å²) in [5.41, 5.74) is 1.12. The molecular formula is C28H33F3N2O3. The fraction of sp³-hybridized carbons (Fsp3) is 0.464. The van der Waals surface area contributed by atoms with Crippen LogP contribution in [0.15, 0.2) is 36.4 Å². The Hall–Kier alpha value is -2.84. The van der Waals surface area contributed by atoms with E-state index in [9.17, 15) is 9.18 Å². The van der Waals surface area contributed by atoms with E-state index in [1.165, 1.54) is 13.8 Å². The van der Waals surface area contributed by atoms with Crippen LogP contribution >= 0.6 is 0 Å². The minimum absolute atomic E-state index is 0.0000705. The summed E-state index contributed by atoms with van der Waals surface area (Å²) in [6, 6.07) is 7.41. The lowest BCUT2D eigenvalue weighted by atomic mass is 9.83. The van der Waals surface area contributed by atoms with Crippen molar-refractivity contribution in [1.82, 2.24) is 4.90 Å². The summed E-state index contributed by atoms with van der Waals surface area (Å²) < 4.78 is 51.5. The molecule has 1 fully saturated rings. The van der Waals surface area contributed by atoms with Crippen LogP contribution in [0, 0.1) is 11.6 Å². The molecule has 0 aliphatic carbocycles. The first-order valence-electron chi connectivity index (χ1n) is 12.3. The molecule has 0 aromatic heterocycles. The van der Waals surface area contributed by atoms with Gasteiger partial charge in [0, 0.05) is 42.5 Å².